The number of hydrogen-bond donors (Lipinski definition) is 0. The fraction of sp³-hybridized carbons (Fsp3) is 0.625. The molecule has 90 valence electrons. The highest BCUT2D eigenvalue weighted by Crippen LogP contribution is 2.39. The molecule has 1 unspecified atom stereocenters. The van der Waals surface area contributed by atoms with Crippen LogP contribution in [0.1, 0.15) is 59.4 Å². The van der Waals surface area contributed by atoms with Gasteiger partial charge in [0.2, 0.25) is 0 Å². The maximum Gasteiger partial charge on any atom is -0.00704 e. The van der Waals surface area contributed by atoms with E-state index in [2.05, 4.69) is 65.0 Å². The van der Waals surface area contributed by atoms with Gasteiger partial charge in [0.1, 0.15) is 0 Å². The summed E-state index contributed by atoms with van der Waals surface area (Å²) in [5.74, 6) is 0. The third-order valence-electron chi connectivity index (χ3n) is 3.19. The maximum absolute atomic E-state index is 2.41. The predicted octanol–water partition coefficient (Wildman–Crippen LogP) is 5.18. The third kappa shape index (κ3) is 3.66. The third-order valence-corrected chi connectivity index (χ3v) is 3.19. The summed E-state index contributed by atoms with van der Waals surface area (Å²) in [5.41, 5.74) is 2.21. The second kappa shape index (κ2) is 5.03. The van der Waals surface area contributed by atoms with Gasteiger partial charge in [0.05, 0.1) is 0 Å². The number of hydrogen-bond acceptors (Lipinski definition) is 0. The summed E-state index contributed by atoms with van der Waals surface area (Å²) < 4.78 is 0. The summed E-state index contributed by atoms with van der Waals surface area (Å²) in [7, 11) is 0. The first-order valence-electron chi connectivity index (χ1n) is 6.43. The molecule has 0 aromatic heterocycles. The van der Waals surface area contributed by atoms with E-state index < -0.39 is 0 Å². The van der Waals surface area contributed by atoms with E-state index in [0.717, 1.165) is 0 Å². The van der Waals surface area contributed by atoms with Crippen molar-refractivity contribution in [2.24, 2.45) is 5.41 Å². The maximum atomic E-state index is 2.41. The van der Waals surface area contributed by atoms with Gasteiger partial charge in [-0.05, 0) is 29.2 Å². The van der Waals surface area contributed by atoms with E-state index in [9.17, 15) is 0 Å². The molecule has 1 atom stereocenters. The van der Waals surface area contributed by atoms with Gasteiger partial charge in [-0.3, -0.25) is 0 Å². The first kappa shape index (κ1) is 13.3. The molecule has 1 aromatic rings. The Hall–Kier alpha value is -0.780. The average molecular weight is 218 g/mol. The van der Waals surface area contributed by atoms with Crippen LogP contribution in [0.4, 0.5) is 0 Å². The van der Waals surface area contributed by atoms with E-state index in [1.807, 2.05) is 0 Å². The van der Waals surface area contributed by atoms with Crippen molar-refractivity contribution in [1.29, 1.82) is 0 Å². The standard InChI is InChI=1S/C16H26/c1-6-12-16(5,13-15(2,3)4)14-10-8-7-9-11-14/h7-11H,6,12-13H2,1-5H3. The molecule has 0 spiro atoms. The van der Waals surface area contributed by atoms with Crippen LogP contribution in [0.25, 0.3) is 0 Å². The van der Waals surface area contributed by atoms with Gasteiger partial charge >= 0.3 is 0 Å². The molecule has 0 radical (unpaired) electrons. The molecule has 16 heavy (non-hydrogen) atoms. The lowest BCUT2D eigenvalue weighted by Gasteiger charge is -2.36. The van der Waals surface area contributed by atoms with Crippen LogP contribution in [-0.4, -0.2) is 0 Å². The van der Waals surface area contributed by atoms with E-state index in [-0.39, 0.29) is 0 Å². The Labute approximate surface area is 101 Å². The second-order valence-electron chi connectivity index (χ2n) is 6.41. The summed E-state index contributed by atoms with van der Waals surface area (Å²) >= 11 is 0. The molecule has 0 nitrogen and oxygen atoms in total. The van der Waals surface area contributed by atoms with E-state index in [0.29, 0.717) is 10.8 Å². The number of benzene rings is 1. The normalized spacial score (nSPS) is 15.8. The molecule has 0 amide bonds. The number of rotatable bonds is 4. The molecule has 0 bridgehead atoms. The molecule has 0 heteroatoms. The Morgan fingerprint density at radius 1 is 0.938 bits per heavy atom. The van der Waals surface area contributed by atoms with E-state index >= 15 is 0 Å². The van der Waals surface area contributed by atoms with Crippen molar-refractivity contribution in [3.63, 3.8) is 0 Å². The Morgan fingerprint density at radius 2 is 1.50 bits per heavy atom. The topological polar surface area (TPSA) is 0 Å². The molecule has 0 heterocycles. The van der Waals surface area contributed by atoms with Crippen molar-refractivity contribution in [2.45, 2.75) is 59.3 Å². The predicted molar refractivity (Wildman–Crippen MR) is 72.8 cm³/mol. The Kier molecular flexibility index (Phi) is 4.18. The summed E-state index contributed by atoms with van der Waals surface area (Å²) in [5, 5.41) is 0. The van der Waals surface area contributed by atoms with Crippen LogP contribution in [0.5, 0.6) is 0 Å². The van der Waals surface area contributed by atoms with Crippen LogP contribution >= 0.6 is 0 Å². The van der Waals surface area contributed by atoms with E-state index in [1.165, 1.54) is 24.8 Å². The van der Waals surface area contributed by atoms with Gasteiger partial charge in [0.25, 0.3) is 0 Å². The highest BCUT2D eigenvalue weighted by atomic mass is 14.3. The average Bonchev–Trinajstić information content (AvgIpc) is 2.16. The highest BCUT2D eigenvalue weighted by molar-refractivity contribution is 5.24. The molecule has 0 aliphatic rings. The van der Waals surface area contributed by atoms with Crippen molar-refractivity contribution in [2.75, 3.05) is 0 Å². The van der Waals surface area contributed by atoms with Crippen LogP contribution in [0.3, 0.4) is 0 Å². The van der Waals surface area contributed by atoms with Crippen molar-refractivity contribution in [1.82, 2.24) is 0 Å². The summed E-state index contributed by atoms with van der Waals surface area (Å²) in [6, 6.07) is 11.0. The van der Waals surface area contributed by atoms with Gasteiger partial charge in [-0.15, -0.1) is 0 Å². The zero-order valence-electron chi connectivity index (χ0n) is 11.5. The minimum absolute atomic E-state index is 0.328. The molecule has 1 aromatic carbocycles. The first-order valence-corrected chi connectivity index (χ1v) is 6.43. The van der Waals surface area contributed by atoms with Gasteiger partial charge in [-0.25, -0.2) is 0 Å². The van der Waals surface area contributed by atoms with Crippen molar-refractivity contribution in [3.05, 3.63) is 35.9 Å². The summed E-state index contributed by atoms with van der Waals surface area (Å²) in [6.45, 7) is 11.7. The zero-order chi connectivity index (χ0) is 12.2. The largest absolute Gasteiger partial charge is 0.0654 e. The smallest absolute Gasteiger partial charge is 0.00704 e. The Bertz CT molecular complexity index is 305. The van der Waals surface area contributed by atoms with Crippen LogP contribution in [-0.2, 0) is 5.41 Å². The van der Waals surface area contributed by atoms with Crippen molar-refractivity contribution >= 4 is 0 Å². The minimum atomic E-state index is 0.328. The van der Waals surface area contributed by atoms with Crippen LogP contribution in [0.15, 0.2) is 30.3 Å². The second-order valence-corrected chi connectivity index (χ2v) is 6.41. The molecule has 0 fully saturated rings. The Balaban J connectivity index is 2.97. The summed E-state index contributed by atoms with van der Waals surface area (Å²) in [4.78, 5) is 0. The molecule has 0 aliphatic heterocycles. The quantitative estimate of drug-likeness (QED) is 0.653. The summed E-state index contributed by atoms with van der Waals surface area (Å²) in [6.07, 6.45) is 3.77. The monoisotopic (exact) mass is 218 g/mol. The zero-order valence-corrected chi connectivity index (χ0v) is 11.5. The lowest BCUT2D eigenvalue weighted by Crippen LogP contribution is -2.28. The fourth-order valence-corrected chi connectivity index (χ4v) is 2.90. The molecular formula is C16H26. The molecule has 0 saturated carbocycles. The van der Waals surface area contributed by atoms with Crippen molar-refractivity contribution in [3.8, 4) is 0 Å². The Morgan fingerprint density at radius 3 is 1.94 bits per heavy atom. The molecular weight excluding hydrogens is 192 g/mol. The van der Waals surface area contributed by atoms with Gasteiger partial charge in [-0.1, -0.05) is 71.4 Å². The van der Waals surface area contributed by atoms with Crippen LogP contribution in [0, 0.1) is 5.41 Å². The SMILES string of the molecule is CCCC(C)(CC(C)(C)C)c1ccccc1. The van der Waals surface area contributed by atoms with Gasteiger partial charge in [0, 0.05) is 0 Å². The molecule has 1 rings (SSSR count). The molecule has 0 saturated heterocycles. The van der Waals surface area contributed by atoms with Gasteiger partial charge in [-0.2, -0.15) is 0 Å². The van der Waals surface area contributed by atoms with Crippen LogP contribution < -0.4 is 0 Å². The van der Waals surface area contributed by atoms with Gasteiger partial charge in [0.15, 0.2) is 0 Å². The highest BCUT2D eigenvalue weighted by Gasteiger charge is 2.30. The molecule has 0 N–H and O–H groups in total. The van der Waals surface area contributed by atoms with Gasteiger partial charge < -0.3 is 0 Å². The fourth-order valence-electron chi connectivity index (χ4n) is 2.90. The minimum Gasteiger partial charge on any atom is -0.0654 e. The first-order chi connectivity index (χ1) is 7.37. The lowest BCUT2D eigenvalue weighted by molar-refractivity contribution is 0.254. The molecule has 0 aliphatic carbocycles. The van der Waals surface area contributed by atoms with Crippen LogP contribution in [0.2, 0.25) is 0 Å². The van der Waals surface area contributed by atoms with E-state index in [1.54, 1.807) is 0 Å². The lowest BCUT2D eigenvalue weighted by atomic mass is 9.69. The van der Waals surface area contributed by atoms with E-state index in [4.69, 9.17) is 0 Å². The van der Waals surface area contributed by atoms with Crippen molar-refractivity contribution < 1.29 is 0 Å².